The smallest absolute Gasteiger partial charge is 0.326 e. The summed E-state index contributed by atoms with van der Waals surface area (Å²) in [7, 11) is 0. The van der Waals surface area contributed by atoms with Crippen LogP contribution in [-0.2, 0) is 35.2 Å². The SMILES string of the molecule is NCC(=O)NC(Cc1ccc(O)cc1)C(=O)NC(CC(N)=O)C(=O)NC(CC(N)=O)C(=O)O. The van der Waals surface area contributed by atoms with Gasteiger partial charge in [0, 0.05) is 6.42 Å². The van der Waals surface area contributed by atoms with Gasteiger partial charge in [-0.05, 0) is 17.7 Å². The first kappa shape index (κ1) is 26.8. The fraction of sp³-hybridized carbons (Fsp3) is 0.368. The second-order valence-corrected chi connectivity index (χ2v) is 7.00. The highest BCUT2D eigenvalue weighted by Crippen LogP contribution is 2.12. The van der Waals surface area contributed by atoms with E-state index in [1.807, 2.05) is 5.32 Å². The number of carboxylic acids is 1. The average molecular weight is 466 g/mol. The Morgan fingerprint density at radius 1 is 0.788 bits per heavy atom. The normalized spacial score (nSPS) is 13.1. The van der Waals surface area contributed by atoms with Crippen LogP contribution < -0.4 is 33.2 Å². The van der Waals surface area contributed by atoms with Gasteiger partial charge in [0.15, 0.2) is 0 Å². The minimum Gasteiger partial charge on any atom is -0.508 e. The Hall–Kier alpha value is -4.20. The fourth-order valence-electron chi connectivity index (χ4n) is 2.69. The van der Waals surface area contributed by atoms with Crippen LogP contribution in [0.1, 0.15) is 18.4 Å². The molecule has 0 saturated heterocycles. The molecule has 1 aromatic rings. The van der Waals surface area contributed by atoms with Crippen LogP contribution in [0.5, 0.6) is 5.75 Å². The molecule has 0 heterocycles. The van der Waals surface area contributed by atoms with Gasteiger partial charge in [-0.25, -0.2) is 4.79 Å². The summed E-state index contributed by atoms with van der Waals surface area (Å²) < 4.78 is 0. The monoisotopic (exact) mass is 466 g/mol. The zero-order valence-corrected chi connectivity index (χ0v) is 17.4. The van der Waals surface area contributed by atoms with Crippen molar-refractivity contribution in [2.24, 2.45) is 17.2 Å². The predicted molar refractivity (Wildman–Crippen MR) is 112 cm³/mol. The van der Waals surface area contributed by atoms with Gasteiger partial charge in [0.1, 0.15) is 23.9 Å². The number of phenols is 1. The number of amides is 5. The molecule has 33 heavy (non-hydrogen) atoms. The van der Waals surface area contributed by atoms with Crippen LogP contribution >= 0.6 is 0 Å². The van der Waals surface area contributed by atoms with Gasteiger partial charge < -0.3 is 43.4 Å². The molecule has 5 amide bonds. The molecular weight excluding hydrogens is 440 g/mol. The molecule has 0 saturated carbocycles. The van der Waals surface area contributed by atoms with Crippen molar-refractivity contribution in [1.82, 2.24) is 16.0 Å². The van der Waals surface area contributed by atoms with Gasteiger partial charge in [-0.1, -0.05) is 12.1 Å². The predicted octanol–water partition coefficient (Wildman–Crippen LogP) is -3.82. The van der Waals surface area contributed by atoms with Crippen LogP contribution in [0.25, 0.3) is 0 Å². The van der Waals surface area contributed by atoms with Crippen molar-refractivity contribution in [1.29, 1.82) is 0 Å². The van der Waals surface area contributed by atoms with E-state index in [1.165, 1.54) is 24.3 Å². The molecule has 3 unspecified atom stereocenters. The van der Waals surface area contributed by atoms with Crippen molar-refractivity contribution in [3.05, 3.63) is 29.8 Å². The minimum absolute atomic E-state index is 0.0205. The number of carbonyl (C=O) groups is 6. The van der Waals surface area contributed by atoms with E-state index in [0.29, 0.717) is 5.56 Å². The maximum atomic E-state index is 12.8. The number of nitrogens with one attached hydrogen (secondary N) is 3. The standard InChI is InChI=1S/C19H26N6O8/c20-8-16(29)23-11(5-9-1-3-10(26)4-2-9)17(30)24-12(6-14(21)27)18(31)25-13(19(32)33)7-15(22)28/h1-4,11-13,26H,5-8,20H2,(H2,21,27)(H2,22,28)(H,23,29)(H,24,30)(H,25,31)(H,32,33). The van der Waals surface area contributed by atoms with Crippen LogP contribution in [0.4, 0.5) is 0 Å². The lowest BCUT2D eigenvalue weighted by Crippen LogP contribution is -2.57. The largest absolute Gasteiger partial charge is 0.508 e. The van der Waals surface area contributed by atoms with Crippen molar-refractivity contribution in [3.8, 4) is 5.75 Å². The molecule has 0 aliphatic heterocycles. The van der Waals surface area contributed by atoms with E-state index in [2.05, 4.69) is 10.6 Å². The number of carbonyl (C=O) groups excluding carboxylic acids is 5. The molecule has 1 aromatic carbocycles. The Morgan fingerprint density at radius 2 is 1.27 bits per heavy atom. The second-order valence-electron chi connectivity index (χ2n) is 7.00. The second kappa shape index (κ2) is 12.6. The molecule has 1 rings (SSSR count). The van der Waals surface area contributed by atoms with Gasteiger partial charge in [0.25, 0.3) is 0 Å². The number of primary amides is 2. The maximum Gasteiger partial charge on any atom is 0.326 e. The number of carboxylic acid groups (broad SMARTS) is 1. The number of aromatic hydroxyl groups is 1. The molecule has 11 N–H and O–H groups in total. The lowest BCUT2D eigenvalue weighted by molar-refractivity contribution is -0.144. The summed E-state index contributed by atoms with van der Waals surface area (Å²) in [6.07, 6.45) is -1.49. The van der Waals surface area contributed by atoms with Crippen LogP contribution in [0.3, 0.4) is 0 Å². The molecule has 0 radical (unpaired) electrons. The third-order valence-corrected chi connectivity index (χ3v) is 4.27. The summed E-state index contributed by atoms with van der Waals surface area (Å²) in [6, 6.07) is 1.17. The number of hydrogen-bond donors (Lipinski definition) is 8. The van der Waals surface area contributed by atoms with Crippen LogP contribution in [-0.4, -0.2) is 70.4 Å². The quantitative estimate of drug-likeness (QED) is 0.141. The molecule has 0 aliphatic carbocycles. The summed E-state index contributed by atoms with van der Waals surface area (Å²) in [5, 5.41) is 25.1. The lowest BCUT2D eigenvalue weighted by atomic mass is 10.0. The van der Waals surface area contributed by atoms with Crippen molar-refractivity contribution in [2.45, 2.75) is 37.4 Å². The Bertz CT molecular complexity index is 904. The Balaban J connectivity index is 3.06. The number of phenolic OH excluding ortho intramolecular Hbond substituents is 1. The number of nitrogens with two attached hydrogens (primary N) is 3. The van der Waals surface area contributed by atoms with Gasteiger partial charge >= 0.3 is 5.97 Å². The molecule has 0 aliphatic rings. The number of hydrogen-bond acceptors (Lipinski definition) is 8. The van der Waals surface area contributed by atoms with E-state index >= 15 is 0 Å². The molecular formula is C19H26N6O8. The molecule has 0 bridgehead atoms. The third-order valence-electron chi connectivity index (χ3n) is 4.27. The summed E-state index contributed by atoms with van der Waals surface area (Å²) in [4.78, 5) is 70.8. The van der Waals surface area contributed by atoms with Crippen LogP contribution in [0, 0.1) is 0 Å². The highest BCUT2D eigenvalue weighted by molar-refractivity contribution is 5.96. The average Bonchev–Trinajstić information content (AvgIpc) is 2.72. The van der Waals surface area contributed by atoms with E-state index in [4.69, 9.17) is 22.3 Å². The minimum atomic E-state index is -1.70. The van der Waals surface area contributed by atoms with Gasteiger partial charge in [-0.15, -0.1) is 0 Å². The van der Waals surface area contributed by atoms with Crippen molar-refractivity contribution >= 4 is 35.5 Å². The van der Waals surface area contributed by atoms with E-state index in [9.17, 15) is 33.9 Å². The highest BCUT2D eigenvalue weighted by atomic mass is 16.4. The number of aliphatic carboxylic acids is 1. The van der Waals surface area contributed by atoms with E-state index in [-0.39, 0.29) is 12.2 Å². The Labute approximate surface area is 187 Å². The summed E-state index contributed by atoms with van der Waals surface area (Å²) in [6.45, 7) is -0.433. The summed E-state index contributed by atoms with van der Waals surface area (Å²) in [5.74, 6) is -6.26. The third kappa shape index (κ3) is 9.65. The molecule has 14 nitrogen and oxygen atoms in total. The molecule has 14 heteroatoms. The Morgan fingerprint density at radius 3 is 1.76 bits per heavy atom. The molecule has 0 spiro atoms. The number of benzene rings is 1. The first-order valence-corrected chi connectivity index (χ1v) is 9.60. The first-order valence-electron chi connectivity index (χ1n) is 9.60. The lowest BCUT2D eigenvalue weighted by Gasteiger charge is -2.23. The molecule has 0 aromatic heterocycles. The zero-order chi connectivity index (χ0) is 25.1. The highest BCUT2D eigenvalue weighted by Gasteiger charge is 2.31. The van der Waals surface area contributed by atoms with Crippen molar-refractivity contribution in [2.75, 3.05) is 6.54 Å². The maximum absolute atomic E-state index is 12.8. The van der Waals surface area contributed by atoms with Crippen LogP contribution in [0.2, 0.25) is 0 Å². The van der Waals surface area contributed by atoms with E-state index in [1.54, 1.807) is 0 Å². The van der Waals surface area contributed by atoms with Gasteiger partial charge in [0.05, 0.1) is 19.4 Å². The first-order chi connectivity index (χ1) is 15.4. The number of rotatable bonds is 13. The van der Waals surface area contributed by atoms with Gasteiger partial charge in [0.2, 0.25) is 29.5 Å². The summed E-state index contributed by atoms with van der Waals surface area (Å²) >= 11 is 0. The zero-order valence-electron chi connectivity index (χ0n) is 17.4. The Kier molecular flexibility index (Phi) is 10.3. The fourth-order valence-corrected chi connectivity index (χ4v) is 2.69. The van der Waals surface area contributed by atoms with Crippen molar-refractivity contribution < 1.29 is 39.0 Å². The van der Waals surface area contributed by atoms with Gasteiger partial charge in [-0.2, -0.15) is 0 Å². The molecule has 3 atom stereocenters. The van der Waals surface area contributed by atoms with Crippen LogP contribution in [0.15, 0.2) is 24.3 Å². The topological polar surface area (TPSA) is 257 Å². The van der Waals surface area contributed by atoms with Gasteiger partial charge in [-0.3, -0.25) is 24.0 Å². The van der Waals surface area contributed by atoms with Crippen molar-refractivity contribution in [3.63, 3.8) is 0 Å². The van der Waals surface area contributed by atoms with E-state index in [0.717, 1.165) is 0 Å². The summed E-state index contributed by atoms with van der Waals surface area (Å²) in [5.41, 5.74) is 15.9. The molecule has 0 fully saturated rings. The van der Waals surface area contributed by atoms with E-state index < -0.39 is 73.0 Å². The molecule has 180 valence electrons.